The van der Waals surface area contributed by atoms with Crippen LogP contribution in [0.5, 0.6) is 0 Å². The van der Waals surface area contributed by atoms with Crippen molar-refractivity contribution < 1.29 is 9.53 Å². The van der Waals surface area contributed by atoms with Gasteiger partial charge in [-0.1, -0.05) is 19.3 Å². The Labute approximate surface area is 126 Å². The quantitative estimate of drug-likeness (QED) is 0.769. The first-order chi connectivity index (χ1) is 9.80. The van der Waals surface area contributed by atoms with E-state index in [9.17, 15) is 4.79 Å². The van der Waals surface area contributed by atoms with Gasteiger partial charge in [-0.3, -0.25) is 0 Å². The van der Waals surface area contributed by atoms with E-state index in [2.05, 4.69) is 0 Å². The molecule has 0 aromatic rings. The Morgan fingerprint density at radius 2 is 1.65 bits per heavy atom. The van der Waals surface area contributed by atoms with Gasteiger partial charge in [0.2, 0.25) is 0 Å². The van der Waals surface area contributed by atoms with Crippen LogP contribution in [0.2, 0.25) is 0 Å². The fourth-order valence-electron chi connectivity index (χ4n) is 4.18. The lowest BCUT2D eigenvalue weighted by Crippen LogP contribution is -2.47. The molecule has 3 aliphatic rings. The number of ether oxygens (including phenoxy) is 1. The van der Waals surface area contributed by atoms with Crippen LogP contribution in [0, 0.1) is 5.92 Å². The minimum Gasteiger partial charge on any atom is -0.443 e. The molecule has 3 rings (SSSR count). The molecule has 1 aliphatic heterocycles. The predicted molar refractivity (Wildman–Crippen MR) is 83.2 cm³/mol. The molecule has 0 aromatic carbocycles. The minimum absolute atomic E-state index is 0.0298. The Hall–Kier alpha value is -0.380. The van der Waals surface area contributed by atoms with E-state index in [1.165, 1.54) is 44.9 Å². The first-order valence-corrected chi connectivity index (χ1v) is 9.51. The molecule has 4 heteroatoms. The van der Waals surface area contributed by atoms with Gasteiger partial charge in [0.1, 0.15) is 5.60 Å². The van der Waals surface area contributed by atoms with E-state index < -0.39 is 0 Å². The summed E-state index contributed by atoms with van der Waals surface area (Å²) in [5.74, 6) is 2.75. The molecule has 114 valence electrons. The third-order valence-corrected chi connectivity index (χ3v) is 6.30. The lowest BCUT2D eigenvalue weighted by molar-refractivity contribution is -0.0547. The van der Waals surface area contributed by atoms with Gasteiger partial charge in [0.05, 0.1) is 0 Å². The molecule has 20 heavy (non-hydrogen) atoms. The van der Waals surface area contributed by atoms with E-state index in [4.69, 9.17) is 4.74 Å². The summed E-state index contributed by atoms with van der Waals surface area (Å²) in [5.41, 5.74) is -0.109. The predicted octanol–water partition coefficient (Wildman–Crippen LogP) is 4.06. The zero-order chi connectivity index (χ0) is 13.8. The molecule has 0 N–H and O–H groups in total. The van der Waals surface area contributed by atoms with Crippen molar-refractivity contribution in [1.29, 1.82) is 0 Å². The van der Waals surface area contributed by atoms with E-state index in [1.54, 1.807) is 0 Å². The van der Waals surface area contributed by atoms with Crippen molar-refractivity contribution in [3.63, 3.8) is 0 Å². The van der Waals surface area contributed by atoms with Crippen LogP contribution >= 0.6 is 11.8 Å². The van der Waals surface area contributed by atoms with Crippen LogP contribution in [0.3, 0.4) is 0 Å². The van der Waals surface area contributed by atoms with Crippen LogP contribution in [0.1, 0.15) is 57.8 Å². The summed E-state index contributed by atoms with van der Waals surface area (Å²) in [7, 11) is 0. The molecule has 1 saturated heterocycles. The highest BCUT2D eigenvalue weighted by atomic mass is 32.2. The maximum Gasteiger partial charge on any atom is 0.410 e. The van der Waals surface area contributed by atoms with Gasteiger partial charge in [-0.15, -0.1) is 0 Å². The standard InChI is InChI=1S/C16H27NO2S/c18-15(17-10-12-20-13-11-17)19-16(8-4-5-9-16)14-6-2-1-3-7-14/h14H,1-13H2. The first-order valence-electron chi connectivity index (χ1n) is 8.36. The van der Waals surface area contributed by atoms with Crippen molar-refractivity contribution in [2.24, 2.45) is 5.92 Å². The highest BCUT2D eigenvalue weighted by Crippen LogP contribution is 2.45. The normalized spacial score (nSPS) is 27.5. The molecule has 0 bridgehead atoms. The summed E-state index contributed by atoms with van der Waals surface area (Å²) < 4.78 is 6.16. The van der Waals surface area contributed by atoms with E-state index in [0.29, 0.717) is 5.92 Å². The van der Waals surface area contributed by atoms with Crippen molar-refractivity contribution in [3.05, 3.63) is 0 Å². The molecule has 1 amide bonds. The van der Waals surface area contributed by atoms with Crippen LogP contribution in [-0.2, 0) is 4.74 Å². The van der Waals surface area contributed by atoms with Gasteiger partial charge in [0.15, 0.2) is 0 Å². The van der Waals surface area contributed by atoms with Gasteiger partial charge in [-0.25, -0.2) is 4.79 Å². The average Bonchev–Trinajstić information content (AvgIpc) is 2.99. The second kappa shape index (κ2) is 6.59. The van der Waals surface area contributed by atoms with Gasteiger partial charge in [-0.05, 0) is 44.4 Å². The van der Waals surface area contributed by atoms with Crippen molar-refractivity contribution in [2.75, 3.05) is 24.6 Å². The maximum atomic E-state index is 12.5. The van der Waals surface area contributed by atoms with Crippen molar-refractivity contribution >= 4 is 17.9 Å². The van der Waals surface area contributed by atoms with Gasteiger partial charge in [-0.2, -0.15) is 11.8 Å². The number of amides is 1. The van der Waals surface area contributed by atoms with Crippen LogP contribution in [0.15, 0.2) is 0 Å². The Bertz CT molecular complexity index is 329. The number of rotatable bonds is 2. The summed E-state index contributed by atoms with van der Waals surface area (Å²) in [6.45, 7) is 1.73. The minimum atomic E-state index is -0.109. The van der Waals surface area contributed by atoms with Gasteiger partial charge in [0.25, 0.3) is 0 Å². The lowest BCUT2D eigenvalue weighted by atomic mass is 9.76. The molecule has 2 saturated carbocycles. The molecule has 0 unspecified atom stereocenters. The van der Waals surface area contributed by atoms with Crippen molar-refractivity contribution in [1.82, 2.24) is 4.90 Å². The summed E-state index contributed by atoms with van der Waals surface area (Å²) in [4.78, 5) is 14.4. The first kappa shape index (κ1) is 14.6. The molecule has 0 radical (unpaired) electrons. The van der Waals surface area contributed by atoms with Crippen LogP contribution in [-0.4, -0.2) is 41.2 Å². The molecule has 2 aliphatic carbocycles. The third kappa shape index (κ3) is 3.10. The van der Waals surface area contributed by atoms with Crippen LogP contribution in [0.4, 0.5) is 4.79 Å². The maximum absolute atomic E-state index is 12.5. The van der Waals surface area contributed by atoms with Crippen molar-refractivity contribution in [3.8, 4) is 0 Å². The zero-order valence-corrected chi connectivity index (χ0v) is 13.3. The highest BCUT2D eigenvalue weighted by Gasteiger charge is 2.45. The monoisotopic (exact) mass is 297 g/mol. The molecule has 0 spiro atoms. The van der Waals surface area contributed by atoms with Crippen LogP contribution in [0.25, 0.3) is 0 Å². The summed E-state index contributed by atoms with van der Waals surface area (Å²) in [6.07, 6.45) is 11.2. The van der Waals surface area contributed by atoms with Gasteiger partial charge < -0.3 is 9.64 Å². The van der Waals surface area contributed by atoms with E-state index >= 15 is 0 Å². The third-order valence-electron chi connectivity index (χ3n) is 5.36. The SMILES string of the molecule is O=C(OC1(C2CCCCC2)CCCC1)N1CCSCC1. The number of nitrogens with zero attached hydrogens (tertiary/aromatic N) is 1. The second-order valence-electron chi connectivity index (χ2n) is 6.57. The number of thioether (sulfide) groups is 1. The Balaban J connectivity index is 1.65. The fourth-order valence-corrected chi connectivity index (χ4v) is 5.08. The number of carbonyl (C=O) groups excluding carboxylic acids is 1. The number of hydrogen-bond acceptors (Lipinski definition) is 3. The van der Waals surface area contributed by atoms with E-state index in [-0.39, 0.29) is 11.7 Å². The molecule has 1 heterocycles. The Kier molecular flexibility index (Phi) is 4.79. The van der Waals surface area contributed by atoms with E-state index in [0.717, 1.165) is 37.4 Å². The summed E-state index contributed by atoms with van der Waals surface area (Å²) in [5, 5.41) is 0. The number of carbonyl (C=O) groups is 1. The molecular formula is C16H27NO2S. The Morgan fingerprint density at radius 1 is 1.00 bits per heavy atom. The fraction of sp³-hybridized carbons (Fsp3) is 0.938. The Morgan fingerprint density at radius 3 is 2.30 bits per heavy atom. The largest absolute Gasteiger partial charge is 0.443 e. The summed E-state index contributed by atoms with van der Waals surface area (Å²) in [6, 6.07) is 0. The molecule has 0 atom stereocenters. The molecule has 0 aromatic heterocycles. The highest BCUT2D eigenvalue weighted by molar-refractivity contribution is 7.99. The molecule has 3 fully saturated rings. The zero-order valence-electron chi connectivity index (χ0n) is 12.4. The van der Waals surface area contributed by atoms with Gasteiger partial charge >= 0.3 is 6.09 Å². The second-order valence-corrected chi connectivity index (χ2v) is 7.80. The topological polar surface area (TPSA) is 29.5 Å². The molecular weight excluding hydrogens is 270 g/mol. The molecule has 3 nitrogen and oxygen atoms in total. The van der Waals surface area contributed by atoms with E-state index in [1.807, 2.05) is 16.7 Å². The van der Waals surface area contributed by atoms with Gasteiger partial charge in [0, 0.05) is 24.6 Å². The number of hydrogen-bond donors (Lipinski definition) is 0. The smallest absolute Gasteiger partial charge is 0.410 e. The summed E-state index contributed by atoms with van der Waals surface area (Å²) >= 11 is 1.94. The lowest BCUT2D eigenvalue weighted by Gasteiger charge is -2.41. The average molecular weight is 297 g/mol. The van der Waals surface area contributed by atoms with Crippen molar-refractivity contribution in [2.45, 2.75) is 63.4 Å². The van der Waals surface area contributed by atoms with Crippen LogP contribution < -0.4 is 0 Å².